The number of rotatable bonds is 2. The molecule has 0 aliphatic carbocycles. The van der Waals surface area contributed by atoms with E-state index >= 15 is 0 Å². The van der Waals surface area contributed by atoms with Crippen LogP contribution in [0.3, 0.4) is 0 Å². The van der Waals surface area contributed by atoms with Crippen molar-refractivity contribution in [1.82, 2.24) is 0 Å². The summed E-state index contributed by atoms with van der Waals surface area (Å²) in [4.78, 5) is 18.7. The molecule has 4 nitrogen and oxygen atoms in total. The third-order valence-corrected chi connectivity index (χ3v) is 1.08. The minimum absolute atomic E-state index is 0.361. The third kappa shape index (κ3) is 25.3. The number of hydrogen-bond donors (Lipinski definition) is 2. The van der Waals surface area contributed by atoms with E-state index in [2.05, 4.69) is 6.58 Å². The summed E-state index contributed by atoms with van der Waals surface area (Å²) in [5.74, 6) is -1.67. The summed E-state index contributed by atoms with van der Waals surface area (Å²) in [6, 6.07) is 0. The zero-order chi connectivity index (χ0) is 8.57. The first-order valence-corrected chi connectivity index (χ1v) is 4.03. The zero-order valence-electron chi connectivity index (χ0n) is 5.70. The van der Waals surface area contributed by atoms with E-state index in [1.165, 1.54) is 0 Å². The Morgan fingerprint density at radius 1 is 1.50 bits per heavy atom. The van der Waals surface area contributed by atoms with Crippen molar-refractivity contribution in [2.45, 2.75) is 3.67 Å². The Balaban J connectivity index is 0. The maximum atomic E-state index is 9.40. The molecule has 0 fully saturated rings. The molecular formula is C5H7NaO4. The molecule has 5 heteroatoms. The van der Waals surface area contributed by atoms with Gasteiger partial charge in [0.05, 0.1) is 0 Å². The van der Waals surface area contributed by atoms with Crippen LogP contribution in [0.5, 0.6) is 0 Å². The van der Waals surface area contributed by atoms with Crippen molar-refractivity contribution in [3.8, 4) is 0 Å². The molecule has 0 bridgehead atoms. The van der Waals surface area contributed by atoms with Crippen LogP contribution in [0.25, 0.3) is 0 Å². The summed E-state index contributed by atoms with van der Waals surface area (Å²) in [6.07, 6.45) is 0.833. The van der Waals surface area contributed by atoms with Crippen LogP contribution in [-0.2, 0) is 9.59 Å². The first-order chi connectivity index (χ1) is 4.54. The van der Waals surface area contributed by atoms with Crippen molar-refractivity contribution in [2.24, 2.45) is 0 Å². The van der Waals surface area contributed by atoms with Crippen LogP contribution in [0, 0.1) is 0 Å². The second-order valence-electron chi connectivity index (χ2n) is 1.29. The molecule has 0 aliphatic heterocycles. The molecule has 0 aromatic heterocycles. The monoisotopic (exact) mass is 154 g/mol. The first-order valence-electron chi connectivity index (χ1n) is 2.61. The van der Waals surface area contributed by atoms with Crippen molar-refractivity contribution in [3.05, 3.63) is 12.7 Å². The summed E-state index contributed by atoms with van der Waals surface area (Å²) in [6.45, 7) is 2.96. The van der Waals surface area contributed by atoms with Crippen LogP contribution in [0.1, 0.15) is 0 Å². The van der Waals surface area contributed by atoms with Gasteiger partial charge in [0.15, 0.2) is 0 Å². The Morgan fingerprint density at radius 3 is 1.70 bits per heavy atom. The molecule has 0 amide bonds. The Morgan fingerprint density at radius 2 is 1.70 bits per heavy atom. The molecule has 0 aliphatic rings. The van der Waals surface area contributed by atoms with Gasteiger partial charge in [0.25, 0.3) is 0 Å². The average molecular weight is 154 g/mol. The van der Waals surface area contributed by atoms with Crippen molar-refractivity contribution < 1.29 is 19.8 Å². The molecule has 0 atom stereocenters. The summed E-state index contributed by atoms with van der Waals surface area (Å²) < 4.78 is 0.361. The van der Waals surface area contributed by atoms with E-state index in [1.807, 2.05) is 0 Å². The first kappa shape index (κ1) is 12.4. The predicted octanol–water partition coefficient (Wildman–Crippen LogP) is -0.0852. The van der Waals surface area contributed by atoms with Gasteiger partial charge in [0, 0.05) is 6.08 Å². The summed E-state index contributed by atoms with van der Waals surface area (Å²) >= 11 is 0.774. The molecule has 10 heavy (non-hydrogen) atoms. The van der Waals surface area contributed by atoms with Crippen molar-refractivity contribution in [2.75, 3.05) is 0 Å². The Bertz CT molecular complexity index is 132. The van der Waals surface area contributed by atoms with Crippen LogP contribution in [0.2, 0.25) is 3.67 Å². The molecule has 0 spiro atoms. The Hall–Kier alpha value is -0.320. The van der Waals surface area contributed by atoms with Gasteiger partial charge in [-0.25, -0.2) is 4.79 Å². The summed E-state index contributed by atoms with van der Waals surface area (Å²) in [7, 11) is 0. The van der Waals surface area contributed by atoms with Gasteiger partial charge in [-0.3, -0.25) is 0 Å². The van der Waals surface area contributed by atoms with Crippen LogP contribution in [-0.4, -0.2) is 50.1 Å². The van der Waals surface area contributed by atoms with E-state index in [4.69, 9.17) is 10.2 Å². The molecule has 52 valence electrons. The number of carboxylic acids is 2. The number of aliphatic carboxylic acids is 2. The average Bonchev–Trinajstić information content (AvgIpc) is 1.89. The molecule has 0 radical (unpaired) electrons. The van der Waals surface area contributed by atoms with Crippen molar-refractivity contribution in [1.29, 1.82) is 0 Å². The van der Waals surface area contributed by atoms with Crippen LogP contribution in [0.15, 0.2) is 12.7 Å². The molecule has 0 rings (SSSR count). The summed E-state index contributed by atoms with van der Waals surface area (Å²) in [5.41, 5.74) is 0. The second kappa shape index (κ2) is 8.68. The second-order valence-corrected chi connectivity index (χ2v) is 2.00. The van der Waals surface area contributed by atoms with E-state index in [-0.39, 0.29) is 0 Å². The van der Waals surface area contributed by atoms with Gasteiger partial charge in [-0.1, -0.05) is 6.58 Å². The van der Waals surface area contributed by atoms with E-state index in [1.54, 1.807) is 0 Å². The van der Waals surface area contributed by atoms with Gasteiger partial charge in [0.2, 0.25) is 0 Å². The molecule has 0 unspecified atom stereocenters. The fourth-order valence-corrected chi connectivity index (χ4v) is 0. The van der Waals surface area contributed by atoms with E-state index < -0.39 is 11.9 Å². The van der Waals surface area contributed by atoms with Crippen LogP contribution < -0.4 is 0 Å². The van der Waals surface area contributed by atoms with Gasteiger partial charge in [-0.05, 0) is 0 Å². The van der Waals surface area contributed by atoms with Crippen molar-refractivity contribution in [3.63, 3.8) is 0 Å². The van der Waals surface area contributed by atoms with Crippen LogP contribution >= 0.6 is 0 Å². The predicted molar refractivity (Wildman–Crippen MR) is 36.0 cm³/mol. The van der Waals surface area contributed by atoms with Crippen molar-refractivity contribution >= 4 is 39.9 Å². The van der Waals surface area contributed by atoms with Gasteiger partial charge < -0.3 is 5.11 Å². The molecule has 0 saturated heterocycles. The minimum atomic E-state index is -0.981. The number of carbonyl (C=O) groups is 2. The molecule has 0 saturated carbocycles. The van der Waals surface area contributed by atoms with Gasteiger partial charge in [-0.2, -0.15) is 0 Å². The van der Waals surface area contributed by atoms with E-state index in [0.29, 0.717) is 3.67 Å². The summed E-state index contributed by atoms with van der Waals surface area (Å²) in [5, 5.41) is 15.4. The van der Waals surface area contributed by atoms with E-state index in [0.717, 1.165) is 34.0 Å². The van der Waals surface area contributed by atoms with Gasteiger partial charge in [-0.15, -0.1) is 0 Å². The number of hydrogen-bond acceptors (Lipinski definition) is 2. The van der Waals surface area contributed by atoms with Crippen LogP contribution in [0.4, 0.5) is 0 Å². The fraction of sp³-hybridized carbons (Fsp3) is 0.200. The normalized spacial score (nSPS) is 7.00. The van der Waals surface area contributed by atoms with Gasteiger partial charge in [0.1, 0.15) is 0 Å². The third-order valence-electron chi connectivity index (χ3n) is 0.477. The standard InChI is InChI=1S/C3H4O2.C2H3O2.Na/c1-2-3(4)5;1-2(3)4;/h2H,1H2,(H,4,5);1H2,(H,3,4);. The SMILES string of the molecule is C=CC(=O)O.O=C(O)[CH2][Na]. The topological polar surface area (TPSA) is 74.6 Å². The molecule has 0 aromatic rings. The fourth-order valence-electron chi connectivity index (χ4n) is 0. The quantitative estimate of drug-likeness (QED) is 0.430. The molecular weight excluding hydrogens is 147 g/mol. The Labute approximate surface area is 76.0 Å². The molecule has 0 heterocycles. The molecule has 2 N–H and O–H groups in total. The number of carboxylic acid groups (broad SMARTS) is 2. The zero-order valence-corrected chi connectivity index (χ0v) is 7.70. The van der Waals surface area contributed by atoms with E-state index in [9.17, 15) is 9.59 Å². The maximum absolute atomic E-state index is 9.40. The van der Waals surface area contributed by atoms with Gasteiger partial charge >= 0.3 is 53.4 Å². The Kier molecular flexibility index (Phi) is 10.7. The molecule has 0 aromatic carbocycles.